The summed E-state index contributed by atoms with van der Waals surface area (Å²) in [6.07, 6.45) is 3.57. The van der Waals surface area contributed by atoms with Crippen molar-refractivity contribution in [3.8, 4) is 0 Å². The first-order valence-corrected chi connectivity index (χ1v) is 7.59. The van der Waals surface area contributed by atoms with Crippen LogP contribution in [0.15, 0.2) is 18.2 Å². The first kappa shape index (κ1) is 16.3. The Labute approximate surface area is 132 Å². The molecule has 0 bridgehead atoms. The number of piperazine rings is 1. The number of anilines is 1. The molecule has 0 unspecified atom stereocenters. The fourth-order valence-electron chi connectivity index (χ4n) is 3.15. The van der Waals surface area contributed by atoms with Gasteiger partial charge in [0.15, 0.2) is 0 Å². The summed E-state index contributed by atoms with van der Waals surface area (Å²) in [5.74, 6) is 0.0942. The van der Waals surface area contributed by atoms with E-state index in [1.807, 2.05) is 6.07 Å². The molecule has 1 fully saturated rings. The topological polar surface area (TPSA) is 44.4 Å². The quantitative estimate of drug-likeness (QED) is 0.895. The van der Waals surface area contributed by atoms with Crippen molar-refractivity contribution in [1.29, 1.82) is 0 Å². The van der Waals surface area contributed by atoms with Crippen molar-refractivity contribution in [1.82, 2.24) is 10.2 Å². The summed E-state index contributed by atoms with van der Waals surface area (Å²) in [5.41, 5.74) is 3.79. The van der Waals surface area contributed by atoms with E-state index in [4.69, 9.17) is 0 Å². The van der Waals surface area contributed by atoms with Crippen LogP contribution in [0.4, 0.5) is 5.69 Å². The largest absolute Gasteiger partial charge is 0.325 e. The SMILES string of the molecule is C[C@H]1CNCCN1CC(=O)Nc1ccc2c(c1)CCC2.Cl. The number of aryl methyl sites for hydroxylation is 2. The summed E-state index contributed by atoms with van der Waals surface area (Å²) in [6.45, 7) is 5.52. The average Bonchev–Trinajstić information content (AvgIpc) is 2.89. The molecule has 1 aliphatic carbocycles. The standard InChI is InChI=1S/C16H23N3O.ClH/c1-12-10-17-7-8-19(12)11-16(20)18-15-6-5-13-3-2-4-14(13)9-15;/h5-6,9,12,17H,2-4,7-8,10-11H2,1H3,(H,18,20);1H/t12-;/m0./s1. The van der Waals surface area contributed by atoms with Crippen LogP contribution < -0.4 is 10.6 Å². The Morgan fingerprint density at radius 1 is 1.38 bits per heavy atom. The molecule has 1 atom stereocenters. The smallest absolute Gasteiger partial charge is 0.238 e. The van der Waals surface area contributed by atoms with Gasteiger partial charge < -0.3 is 10.6 Å². The Balaban J connectivity index is 0.00000161. The molecule has 116 valence electrons. The van der Waals surface area contributed by atoms with Crippen molar-refractivity contribution >= 4 is 24.0 Å². The zero-order chi connectivity index (χ0) is 13.9. The van der Waals surface area contributed by atoms with Gasteiger partial charge in [0.25, 0.3) is 0 Å². The highest BCUT2D eigenvalue weighted by Crippen LogP contribution is 2.24. The van der Waals surface area contributed by atoms with Crippen LogP contribution in [0.3, 0.4) is 0 Å². The first-order valence-electron chi connectivity index (χ1n) is 7.59. The van der Waals surface area contributed by atoms with Gasteiger partial charge in [0.1, 0.15) is 0 Å². The normalized spacial score (nSPS) is 21.5. The number of nitrogens with one attached hydrogen (secondary N) is 2. The van der Waals surface area contributed by atoms with Crippen LogP contribution in [0.1, 0.15) is 24.5 Å². The number of carbonyl (C=O) groups excluding carboxylic acids is 1. The summed E-state index contributed by atoms with van der Waals surface area (Å²) in [7, 11) is 0. The highest BCUT2D eigenvalue weighted by atomic mass is 35.5. The van der Waals surface area contributed by atoms with Crippen molar-refractivity contribution < 1.29 is 4.79 Å². The lowest BCUT2D eigenvalue weighted by Gasteiger charge is -2.33. The molecular weight excluding hydrogens is 286 g/mol. The van der Waals surface area contributed by atoms with E-state index in [1.54, 1.807) is 0 Å². The molecule has 0 saturated carbocycles. The van der Waals surface area contributed by atoms with Crippen LogP contribution in [0.2, 0.25) is 0 Å². The third-order valence-corrected chi connectivity index (χ3v) is 4.37. The summed E-state index contributed by atoms with van der Waals surface area (Å²) >= 11 is 0. The van der Waals surface area contributed by atoms with Gasteiger partial charge in [0.05, 0.1) is 6.54 Å². The number of carbonyl (C=O) groups is 1. The minimum atomic E-state index is 0. The van der Waals surface area contributed by atoms with E-state index in [1.165, 1.54) is 24.0 Å². The Morgan fingerprint density at radius 3 is 3.00 bits per heavy atom. The maximum absolute atomic E-state index is 12.2. The van der Waals surface area contributed by atoms with E-state index in [9.17, 15) is 4.79 Å². The first-order chi connectivity index (χ1) is 9.72. The molecule has 0 radical (unpaired) electrons. The third kappa shape index (κ3) is 3.96. The lowest BCUT2D eigenvalue weighted by atomic mass is 10.1. The highest BCUT2D eigenvalue weighted by Gasteiger charge is 2.20. The Bertz CT molecular complexity index is 506. The van der Waals surface area contributed by atoms with Crippen LogP contribution in [-0.4, -0.2) is 43.0 Å². The van der Waals surface area contributed by atoms with Gasteiger partial charge in [0, 0.05) is 31.4 Å². The van der Waals surface area contributed by atoms with Gasteiger partial charge in [-0.2, -0.15) is 0 Å². The van der Waals surface area contributed by atoms with E-state index in [0.717, 1.165) is 31.7 Å². The summed E-state index contributed by atoms with van der Waals surface area (Å²) in [4.78, 5) is 14.4. The van der Waals surface area contributed by atoms with Crippen LogP contribution in [0.5, 0.6) is 0 Å². The summed E-state index contributed by atoms with van der Waals surface area (Å²) in [5, 5.41) is 6.38. The van der Waals surface area contributed by atoms with Gasteiger partial charge in [-0.3, -0.25) is 9.69 Å². The second kappa shape index (κ2) is 7.25. The van der Waals surface area contributed by atoms with Gasteiger partial charge in [-0.25, -0.2) is 0 Å². The predicted octanol–water partition coefficient (Wildman–Crippen LogP) is 1.83. The lowest BCUT2D eigenvalue weighted by Crippen LogP contribution is -2.51. The molecule has 3 rings (SSSR count). The minimum absolute atomic E-state index is 0. The predicted molar refractivity (Wildman–Crippen MR) is 88.2 cm³/mol. The fraction of sp³-hybridized carbons (Fsp3) is 0.562. The molecule has 5 heteroatoms. The molecule has 1 amide bonds. The molecule has 1 aliphatic heterocycles. The van der Waals surface area contributed by atoms with Gasteiger partial charge in [-0.05, 0) is 49.4 Å². The zero-order valence-electron chi connectivity index (χ0n) is 12.5. The van der Waals surface area contributed by atoms with Gasteiger partial charge >= 0.3 is 0 Å². The number of rotatable bonds is 3. The van der Waals surface area contributed by atoms with Crippen LogP contribution in [0, 0.1) is 0 Å². The Morgan fingerprint density at radius 2 is 2.19 bits per heavy atom. The van der Waals surface area contributed by atoms with E-state index < -0.39 is 0 Å². The zero-order valence-corrected chi connectivity index (χ0v) is 13.3. The van der Waals surface area contributed by atoms with Gasteiger partial charge in [0.2, 0.25) is 5.91 Å². The van der Waals surface area contributed by atoms with Crippen LogP contribution >= 0.6 is 12.4 Å². The molecule has 21 heavy (non-hydrogen) atoms. The maximum atomic E-state index is 12.2. The maximum Gasteiger partial charge on any atom is 0.238 e. The third-order valence-electron chi connectivity index (χ3n) is 4.37. The molecular formula is C16H24ClN3O. The number of fused-ring (bicyclic) bond motifs is 1. The molecule has 2 N–H and O–H groups in total. The molecule has 4 nitrogen and oxygen atoms in total. The second-order valence-corrected chi connectivity index (χ2v) is 5.91. The molecule has 1 aromatic carbocycles. The minimum Gasteiger partial charge on any atom is -0.325 e. The van der Waals surface area contributed by atoms with Crippen molar-refractivity contribution in [2.45, 2.75) is 32.2 Å². The monoisotopic (exact) mass is 309 g/mol. The average molecular weight is 310 g/mol. The number of hydrogen-bond donors (Lipinski definition) is 2. The van der Waals surface area contributed by atoms with Crippen molar-refractivity contribution in [2.75, 3.05) is 31.5 Å². The molecule has 0 spiro atoms. The molecule has 0 aromatic heterocycles. The van der Waals surface area contributed by atoms with Crippen molar-refractivity contribution in [2.24, 2.45) is 0 Å². The fourth-order valence-corrected chi connectivity index (χ4v) is 3.15. The Hall–Kier alpha value is -1.10. The van der Waals surface area contributed by atoms with Gasteiger partial charge in [-0.1, -0.05) is 6.07 Å². The molecule has 2 aliphatic rings. The van der Waals surface area contributed by atoms with Crippen molar-refractivity contribution in [3.05, 3.63) is 29.3 Å². The van der Waals surface area contributed by atoms with E-state index in [-0.39, 0.29) is 18.3 Å². The van der Waals surface area contributed by atoms with Crippen LogP contribution in [-0.2, 0) is 17.6 Å². The Kier molecular flexibility index (Phi) is 5.62. The van der Waals surface area contributed by atoms with E-state index in [2.05, 4.69) is 34.6 Å². The van der Waals surface area contributed by atoms with Crippen molar-refractivity contribution in [3.63, 3.8) is 0 Å². The number of benzene rings is 1. The van der Waals surface area contributed by atoms with Gasteiger partial charge in [-0.15, -0.1) is 12.4 Å². The molecule has 1 heterocycles. The molecule has 1 aromatic rings. The summed E-state index contributed by atoms with van der Waals surface area (Å²) < 4.78 is 0. The number of hydrogen-bond acceptors (Lipinski definition) is 3. The number of nitrogens with zero attached hydrogens (tertiary/aromatic N) is 1. The number of amides is 1. The lowest BCUT2D eigenvalue weighted by molar-refractivity contribution is -0.118. The van der Waals surface area contributed by atoms with Crippen LogP contribution in [0.25, 0.3) is 0 Å². The van der Waals surface area contributed by atoms with E-state index >= 15 is 0 Å². The summed E-state index contributed by atoms with van der Waals surface area (Å²) in [6, 6.07) is 6.75. The van der Waals surface area contributed by atoms with E-state index in [0.29, 0.717) is 12.6 Å². The highest BCUT2D eigenvalue weighted by molar-refractivity contribution is 5.92. The second-order valence-electron chi connectivity index (χ2n) is 5.91. The molecule has 1 saturated heterocycles. The number of halogens is 1.